The first-order valence-corrected chi connectivity index (χ1v) is 7.81. The molecule has 2 N–H and O–H groups in total. The van der Waals surface area contributed by atoms with E-state index in [2.05, 4.69) is 69.8 Å². The van der Waals surface area contributed by atoms with Crippen molar-refractivity contribution >= 4 is 27.6 Å². The number of hydrogen-bond acceptors (Lipinski definition) is 3. The van der Waals surface area contributed by atoms with Crippen LogP contribution in [0.4, 0.5) is 5.82 Å². The minimum atomic E-state index is 0.835. The molecule has 0 atom stereocenters. The summed E-state index contributed by atoms with van der Waals surface area (Å²) in [6, 6.07) is 14.6. The Morgan fingerprint density at radius 3 is 2.91 bits per heavy atom. The first-order chi connectivity index (χ1) is 11.3. The van der Waals surface area contributed by atoms with Crippen molar-refractivity contribution in [3.05, 3.63) is 66.1 Å². The second-order valence-corrected chi connectivity index (χ2v) is 5.78. The second-order valence-electron chi connectivity index (χ2n) is 5.78. The lowest BCUT2D eigenvalue weighted by atomic mass is 10.1. The van der Waals surface area contributed by atoms with E-state index in [9.17, 15) is 0 Å². The normalized spacial score (nSPS) is 11.2. The van der Waals surface area contributed by atoms with E-state index in [1.807, 2.05) is 6.07 Å². The van der Waals surface area contributed by atoms with Gasteiger partial charge in [0, 0.05) is 29.0 Å². The van der Waals surface area contributed by atoms with Gasteiger partial charge in [0.05, 0.1) is 5.52 Å². The molecule has 4 aromatic rings. The van der Waals surface area contributed by atoms with E-state index >= 15 is 0 Å². The van der Waals surface area contributed by atoms with Crippen molar-refractivity contribution < 1.29 is 0 Å². The third-order valence-corrected chi connectivity index (χ3v) is 4.15. The van der Waals surface area contributed by atoms with Gasteiger partial charge in [-0.25, -0.2) is 9.97 Å². The number of aromatic nitrogens is 3. The van der Waals surface area contributed by atoms with Gasteiger partial charge in [-0.05, 0) is 37.1 Å². The summed E-state index contributed by atoms with van der Waals surface area (Å²) >= 11 is 0. The van der Waals surface area contributed by atoms with Gasteiger partial charge in [-0.15, -0.1) is 0 Å². The standard InChI is InChI=1S/C19H18N4/c1-13-6-7-18-16(10-13)19(23-12-22-18)20-9-8-14-11-21-17-5-3-2-4-15(14)17/h2-7,10-12,21H,8-9H2,1H3,(H,20,22,23). The van der Waals surface area contributed by atoms with Crippen LogP contribution in [0.25, 0.3) is 21.8 Å². The number of fused-ring (bicyclic) bond motifs is 2. The Balaban J connectivity index is 1.54. The molecule has 0 fully saturated rings. The van der Waals surface area contributed by atoms with Gasteiger partial charge < -0.3 is 10.3 Å². The van der Waals surface area contributed by atoms with Crippen molar-refractivity contribution in [1.29, 1.82) is 0 Å². The number of H-pyrrole nitrogens is 1. The van der Waals surface area contributed by atoms with Crippen LogP contribution < -0.4 is 5.32 Å². The number of para-hydroxylation sites is 1. The van der Waals surface area contributed by atoms with Crippen LogP contribution in [0.5, 0.6) is 0 Å². The summed E-state index contributed by atoms with van der Waals surface area (Å²) in [5.74, 6) is 0.901. The van der Waals surface area contributed by atoms with Gasteiger partial charge in [-0.3, -0.25) is 0 Å². The molecule has 4 heteroatoms. The number of aryl methyl sites for hydroxylation is 1. The number of nitrogens with one attached hydrogen (secondary N) is 2. The Morgan fingerprint density at radius 1 is 1.04 bits per heavy atom. The Kier molecular flexibility index (Phi) is 3.42. The SMILES string of the molecule is Cc1ccc2ncnc(NCCc3c[nH]c4ccccc34)c2c1. The van der Waals surface area contributed by atoms with Gasteiger partial charge in [-0.2, -0.15) is 0 Å². The zero-order chi connectivity index (χ0) is 15.6. The smallest absolute Gasteiger partial charge is 0.137 e. The molecular weight excluding hydrogens is 284 g/mol. The van der Waals surface area contributed by atoms with Gasteiger partial charge >= 0.3 is 0 Å². The fourth-order valence-electron chi connectivity index (χ4n) is 2.97. The van der Waals surface area contributed by atoms with E-state index in [1.54, 1.807) is 6.33 Å². The van der Waals surface area contributed by atoms with Crippen molar-refractivity contribution in [1.82, 2.24) is 15.0 Å². The zero-order valence-electron chi connectivity index (χ0n) is 13.0. The van der Waals surface area contributed by atoms with Crippen LogP contribution in [0.15, 0.2) is 55.0 Å². The molecule has 114 valence electrons. The number of rotatable bonds is 4. The Bertz CT molecular complexity index is 971. The van der Waals surface area contributed by atoms with E-state index < -0.39 is 0 Å². The number of hydrogen-bond donors (Lipinski definition) is 2. The summed E-state index contributed by atoms with van der Waals surface area (Å²) in [5.41, 5.74) is 4.69. The molecule has 0 amide bonds. The van der Waals surface area contributed by atoms with E-state index in [4.69, 9.17) is 0 Å². The van der Waals surface area contributed by atoms with Crippen LogP contribution in [0.2, 0.25) is 0 Å². The van der Waals surface area contributed by atoms with Crippen molar-refractivity contribution in [2.45, 2.75) is 13.3 Å². The van der Waals surface area contributed by atoms with Crippen LogP contribution in [-0.4, -0.2) is 21.5 Å². The fourth-order valence-corrected chi connectivity index (χ4v) is 2.97. The lowest BCUT2D eigenvalue weighted by Crippen LogP contribution is -2.07. The highest BCUT2D eigenvalue weighted by atomic mass is 15.0. The first-order valence-electron chi connectivity index (χ1n) is 7.81. The number of aromatic amines is 1. The number of anilines is 1. The average Bonchev–Trinajstić information content (AvgIpc) is 2.99. The topological polar surface area (TPSA) is 53.6 Å². The van der Waals surface area contributed by atoms with Gasteiger partial charge in [0.25, 0.3) is 0 Å². The third-order valence-electron chi connectivity index (χ3n) is 4.15. The van der Waals surface area contributed by atoms with E-state index in [0.29, 0.717) is 0 Å². The van der Waals surface area contributed by atoms with Crippen LogP contribution in [0, 0.1) is 6.92 Å². The van der Waals surface area contributed by atoms with E-state index in [1.165, 1.54) is 22.0 Å². The van der Waals surface area contributed by atoms with Crippen molar-refractivity contribution in [3.8, 4) is 0 Å². The van der Waals surface area contributed by atoms with Gasteiger partial charge in [0.1, 0.15) is 12.1 Å². The van der Waals surface area contributed by atoms with Crippen LogP contribution in [-0.2, 0) is 6.42 Å². The largest absolute Gasteiger partial charge is 0.369 e. The Labute approximate surface area is 134 Å². The molecular formula is C19H18N4. The van der Waals surface area contributed by atoms with Crippen molar-refractivity contribution in [2.75, 3.05) is 11.9 Å². The summed E-state index contributed by atoms with van der Waals surface area (Å²) in [7, 11) is 0. The Hall–Kier alpha value is -2.88. The van der Waals surface area contributed by atoms with Crippen LogP contribution in [0.1, 0.15) is 11.1 Å². The molecule has 4 nitrogen and oxygen atoms in total. The molecule has 23 heavy (non-hydrogen) atoms. The van der Waals surface area contributed by atoms with Gasteiger partial charge in [0.2, 0.25) is 0 Å². The monoisotopic (exact) mass is 302 g/mol. The maximum atomic E-state index is 4.40. The average molecular weight is 302 g/mol. The quantitative estimate of drug-likeness (QED) is 0.597. The summed E-state index contributed by atoms with van der Waals surface area (Å²) in [4.78, 5) is 12.0. The highest BCUT2D eigenvalue weighted by Crippen LogP contribution is 2.21. The second kappa shape index (κ2) is 5.72. The molecule has 2 heterocycles. The highest BCUT2D eigenvalue weighted by Gasteiger charge is 2.05. The predicted molar refractivity (Wildman–Crippen MR) is 94.8 cm³/mol. The molecule has 0 saturated carbocycles. The first kappa shape index (κ1) is 13.8. The Morgan fingerprint density at radius 2 is 1.96 bits per heavy atom. The van der Waals surface area contributed by atoms with Crippen LogP contribution >= 0.6 is 0 Å². The molecule has 2 aromatic carbocycles. The minimum Gasteiger partial charge on any atom is -0.369 e. The zero-order valence-corrected chi connectivity index (χ0v) is 13.0. The molecule has 0 aliphatic rings. The maximum Gasteiger partial charge on any atom is 0.137 e. The summed E-state index contributed by atoms with van der Waals surface area (Å²) in [5, 5.41) is 5.82. The van der Waals surface area contributed by atoms with Crippen molar-refractivity contribution in [2.24, 2.45) is 0 Å². The third kappa shape index (κ3) is 2.63. The summed E-state index contributed by atoms with van der Waals surface area (Å²) < 4.78 is 0. The fraction of sp³-hybridized carbons (Fsp3) is 0.158. The highest BCUT2D eigenvalue weighted by molar-refractivity contribution is 5.89. The van der Waals surface area contributed by atoms with Gasteiger partial charge in [0.15, 0.2) is 0 Å². The summed E-state index contributed by atoms with van der Waals surface area (Å²) in [6.45, 7) is 2.92. The number of nitrogens with zero attached hydrogens (tertiary/aromatic N) is 2. The summed E-state index contributed by atoms with van der Waals surface area (Å²) in [6.07, 6.45) is 4.65. The molecule has 0 aliphatic heterocycles. The van der Waals surface area contributed by atoms with E-state index in [0.717, 1.165) is 29.7 Å². The molecule has 2 aromatic heterocycles. The molecule has 0 unspecified atom stereocenters. The van der Waals surface area contributed by atoms with Crippen molar-refractivity contribution in [3.63, 3.8) is 0 Å². The molecule has 4 rings (SSSR count). The molecule has 0 spiro atoms. The lowest BCUT2D eigenvalue weighted by Gasteiger charge is -2.08. The molecule has 0 bridgehead atoms. The van der Waals surface area contributed by atoms with Crippen LogP contribution in [0.3, 0.4) is 0 Å². The van der Waals surface area contributed by atoms with E-state index in [-0.39, 0.29) is 0 Å². The molecule has 0 saturated heterocycles. The minimum absolute atomic E-state index is 0.835. The number of benzene rings is 2. The maximum absolute atomic E-state index is 4.40. The lowest BCUT2D eigenvalue weighted by molar-refractivity contribution is 1.01. The molecule has 0 aliphatic carbocycles. The predicted octanol–water partition coefficient (Wildman–Crippen LogP) is 4.07. The molecule has 0 radical (unpaired) electrons. The van der Waals surface area contributed by atoms with Gasteiger partial charge in [-0.1, -0.05) is 29.8 Å².